The number of nitrogens with two attached hydrogens (primary N) is 1. The second kappa shape index (κ2) is 4.57. The second-order valence-corrected chi connectivity index (χ2v) is 3.34. The number of alkyl halides is 3. The Morgan fingerprint density at radius 3 is 2.33 bits per heavy atom. The Morgan fingerprint density at radius 2 is 1.78 bits per heavy atom. The number of anilines is 1. The minimum atomic E-state index is -4.56. The van der Waals surface area contributed by atoms with Gasteiger partial charge in [0.1, 0.15) is 0 Å². The number of rotatable bonds is 2. The van der Waals surface area contributed by atoms with E-state index in [-0.39, 0.29) is 11.6 Å². The van der Waals surface area contributed by atoms with E-state index in [1.165, 1.54) is 12.4 Å². The van der Waals surface area contributed by atoms with Crippen molar-refractivity contribution >= 4 is 5.95 Å². The van der Waals surface area contributed by atoms with Crippen LogP contribution in [0.2, 0.25) is 0 Å². The predicted molar refractivity (Wildman–Crippen MR) is 58.1 cm³/mol. The lowest BCUT2D eigenvalue weighted by molar-refractivity contribution is -0.141. The topological polar surface area (TPSA) is 76.7 Å². The molecule has 3 N–H and O–H groups in total. The molecular formula is C10H8F3N5. The van der Waals surface area contributed by atoms with Gasteiger partial charge in [-0.15, -0.1) is 0 Å². The molecule has 94 valence electrons. The van der Waals surface area contributed by atoms with Crippen molar-refractivity contribution in [2.75, 3.05) is 5.43 Å². The molecule has 0 aliphatic carbocycles. The molecule has 2 heterocycles. The fourth-order valence-corrected chi connectivity index (χ4v) is 1.33. The molecule has 5 nitrogen and oxygen atoms in total. The van der Waals surface area contributed by atoms with Gasteiger partial charge in [0.2, 0.25) is 5.95 Å². The van der Waals surface area contributed by atoms with Crippen LogP contribution in [0, 0.1) is 0 Å². The number of pyridine rings is 1. The minimum Gasteiger partial charge on any atom is -0.292 e. The molecule has 2 rings (SSSR count). The molecule has 0 aromatic carbocycles. The molecule has 18 heavy (non-hydrogen) atoms. The lowest BCUT2D eigenvalue weighted by Gasteiger charge is -2.09. The van der Waals surface area contributed by atoms with Crippen molar-refractivity contribution in [3.63, 3.8) is 0 Å². The summed E-state index contributed by atoms with van der Waals surface area (Å²) in [5.41, 5.74) is 1.57. The van der Waals surface area contributed by atoms with Gasteiger partial charge in [-0.3, -0.25) is 10.4 Å². The second-order valence-electron chi connectivity index (χ2n) is 3.34. The number of nitrogens with zero attached hydrogens (tertiary/aromatic N) is 3. The van der Waals surface area contributed by atoms with Crippen LogP contribution in [-0.2, 0) is 6.18 Å². The third-order valence-electron chi connectivity index (χ3n) is 2.12. The summed E-state index contributed by atoms with van der Waals surface area (Å²) in [4.78, 5) is 10.9. The van der Waals surface area contributed by atoms with Gasteiger partial charge in [0.25, 0.3) is 0 Å². The van der Waals surface area contributed by atoms with Gasteiger partial charge in [-0.2, -0.15) is 13.2 Å². The standard InChI is InChI=1S/C10H8F3N5/c11-10(12,13)8-5-7(16-9(17-8)18-14)6-1-3-15-4-2-6/h1-5H,14H2,(H,16,17,18). The van der Waals surface area contributed by atoms with Crippen molar-refractivity contribution in [1.82, 2.24) is 15.0 Å². The Labute approximate surface area is 99.9 Å². The first kappa shape index (κ1) is 12.2. The Kier molecular flexibility index (Phi) is 3.11. The zero-order valence-electron chi connectivity index (χ0n) is 8.94. The maximum Gasteiger partial charge on any atom is 0.433 e. The first-order valence-corrected chi connectivity index (χ1v) is 4.84. The highest BCUT2D eigenvalue weighted by molar-refractivity contribution is 5.60. The Balaban J connectivity index is 2.55. The average molecular weight is 255 g/mol. The van der Waals surface area contributed by atoms with Crippen molar-refractivity contribution in [3.8, 4) is 11.3 Å². The van der Waals surface area contributed by atoms with Crippen LogP contribution in [0.3, 0.4) is 0 Å². The highest BCUT2D eigenvalue weighted by Gasteiger charge is 2.33. The summed E-state index contributed by atoms with van der Waals surface area (Å²) in [5, 5.41) is 0. The maximum atomic E-state index is 12.6. The SMILES string of the molecule is NNc1nc(-c2ccncc2)cc(C(F)(F)F)n1. The van der Waals surface area contributed by atoms with E-state index in [2.05, 4.69) is 15.0 Å². The van der Waals surface area contributed by atoms with Crippen molar-refractivity contribution in [1.29, 1.82) is 0 Å². The fraction of sp³-hybridized carbons (Fsp3) is 0.100. The highest BCUT2D eigenvalue weighted by atomic mass is 19.4. The number of hydrogen-bond donors (Lipinski definition) is 2. The van der Waals surface area contributed by atoms with Gasteiger partial charge in [0, 0.05) is 18.0 Å². The van der Waals surface area contributed by atoms with Crippen LogP contribution in [0.25, 0.3) is 11.3 Å². The number of aromatic nitrogens is 3. The molecule has 0 saturated carbocycles. The summed E-state index contributed by atoms with van der Waals surface area (Å²) in [6.45, 7) is 0. The summed E-state index contributed by atoms with van der Waals surface area (Å²) in [7, 11) is 0. The van der Waals surface area contributed by atoms with Gasteiger partial charge in [-0.1, -0.05) is 0 Å². The van der Waals surface area contributed by atoms with Gasteiger partial charge in [0.15, 0.2) is 5.69 Å². The largest absolute Gasteiger partial charge is 0.433 e. The molecule has 2 aromatic heterocycles. The molecule has 0 atom stereocenters. The summed E-state index contributed by atoms with van der Waals surface area (Å²) in [5.74, 6) is 4.76. The van der Waals surface area contributed by atoms with E-state index < -0.39 is 11.9 Å². The molecule has 0 aliphatic rings. The Morgan fingerprint density at radius 1 is 1.11 bits per heavy atom. The van der Waals surface area contributed by atoms with E-state index in [0.29, 0.717) is 5.56 Å². The predicted octanol–water partition coefficient (Wildman–Crippen LogP) is 1.84. The number of nitrogens with one attached hydrogen (secondary N) is 1. The van der Waals surface area contributed by atoms with Crippen LogP contribution in [0.15, 0.2) is 30.6 Å². The molecule has 0 amide bonds. The fourth-order valence-electron chi connectivity index (χ4n) is 1.33. The normalized spacial score (nSPS) is 11.3. The monoisotopic (exact) mass is 255 g/mol. The first-order chi connectivity index (χ1) is 8.50. The van der Waals surface area contributed by atoms with Crippen LogP contribution in [-0.4, -0.2) is 15.0 Å². The quantitative estimate of drug-likeness (QED) is 0.632. The Hall–Kier alpha value is -2.22. The minimum absolute atomic E-state index is 0.118. The molecular weight excluding hydrogens is 247 g/mol. The van der Waals surface area contributed by atoms with Gasteiger partial charge in [-0.25, -0.2) is 15.8 Å². The van der Waals surface area contributed by atoms with Crippen molar-refractivity contribution in [3.05, 3.63) is 36.3 Å². The van der Waals surface area contributed by atoms with Crippen molar-refractivity contribution in [2.45, 2.75) is 6.18 Å². The molecule has 0 unspecified atom stereocenters. The third-order valence-corrected chi connectivity index (χ3v) is 2.12. The third kappa shape index (κ3) is 2.54. The summed E-state index contributed by atoms with van der Waals surface area (Å²) >= 11 is 0. The number of nitrogen functional groups attached to an aromatic ring is 1. The molecule has 0 saturated heterocycles. The maximum absolute atomic E-state index is 12.6. The zero-order chi connectivity index (χ0) is 13.2. The molecule has 2 aromatic rings. The molecule has 0 bridgehead atoms. The van der Waals surface area contributed by atoms with Gasteiger partial charge >= 0.3 is 6.18 Å². The summed E-state index contributed by atoms with van der Waals surface area (Å²) < 4.78 is 37.9. The average Bonchev–Trinajstić information content (AvgIpc) is 2.38. The van der Waals surface area contributed by atoms with Crippen LogP contribution >= 0.6 is 0 Å². The zero-order valence-corrected chi connectivity index (χ0v) is 8.94. The van der Waals surface area contributed by atoms with E-state index in [4.69, 9.17) is 5.84 Å². The smallest absolute Gasteiger partial charge is 0.292 e. The first-order valence-electron chi connectivity index (χ1n) is 4.84. The lowest BCUT2D eigenvalue weighted by Crippen LogP contribution is -2.15. The number of hydrogen-bond acceptors (Lipinski definition) is 5. The van der Waals surface area contributed by atoms with E-state index in [9.17, 15) is 13.2 Å². The molecule has 0 spiro atoms. The van der Waals surface area contributed by atoms with E-state index in [0.717, 1.165) is 6.07 Å². The van der Waals surface area contributed by atoms with Crippen LogP contribution in [0.1, 0.15) is 5.69 Å². The van der Waals surface area contributed by atoms with E-state index in [1.807, 2.05) is 5.43 Å². The van der Waals surface area contributed by atoms with Gasteiger partial charge < -0.3 is 0 Å². The van der Waals surface area contributed by atoms with Crippen molar-refractivity contribution in [2.24, 2.45) is 5.84 Å². The van der Waals surface area contributed by atoms with Gasteiger partial charge in [-0.05, 0) is 18.2 Å². The van der Waals surface area contributed by atoms with Gasteiger partial charge in [0.05, 0.1) is 5.69 Å². The highest BCUT2D eigenvalue weighted by Crippen LogP contribution is 2.30. The molecule has 0 fully saturated rings. The van der Waals surface area contributed by atoms with Crippen LogP contribution < -0.4 is 11.3 Å². The lowest BCUT2D eigenvalue weighted by atomic mass is 10.2. The molecule has 0 radical (unpaired) electrons. The van der Waals surface area contributed by atoms with E-state index >= 15 is 0 Å². The number of hydrazine groups is 1. The summed E-state index contributed by atoms with van der Waals surface area (Å²) in [6.07, 6.45) is -1.64. The number of halogens is 3. The van der Waals surface area contributed by atoms with Crippen LogP contribution in [0.4, 0.5) is 19.1 Å². The molecule has 0 aliphatic heterocycles. The molecule has 8 heteroatoms. The Bertz CT molecular complexity index is 541. The van der Waals surface area contributed by atoms with Crippen molar-refractivity contribution < 1.29 is 13.2 Å². The summed E-state index contributed by atoms with van der Waals surface area (Å²) in [6, 6.07) is 3.95. The van der Waals surface area contributed by atoms with Crippen LogP contribution in [0.5, 0.6) is 0 Å². The van der Waals surface area contributed by atoms with E-state index in [1.54, 1.807) is 12.1 Å².